The number of nitrogens with zero attached hydrogens (tertiary/aromatic N) is 2. The van der Waals surface area contributed by atoms with Gasteiger partial charge in [-0.3, -0.25) is 0 Å². The topological polar surface area (TPSA) is 47.0 Å². The monoisotopic (exact) mass is 277 g/mol. The van der Waals surface area contributed by atoms with Crippen molar-refractivity contribution in [2.75, 3.05) is 13.1 Å². The van der Waals surface area contributed by atoms with E-state index in [1.165, 1.54) is 16.9 Å². The first kappa shape index (κ1) is 12.8. The van der Waals surface area contributed by atoms with E-state index in [1.807, 2.05) is 0 Å². The maximum atomic E-state index is 6.12. The Morgan fingerprint density at radius 3 is 3.11 bits per heavy atom. The van der Waals surface area contributed by atoms with Crippen LogP contribution in [0.15, 0.2) is 6.33 Å². The van der Waals surface area contributed by atoms with Gasteiger partial charge in [0.1, 0.15) is 17.3 Å². The summed E-state index contributed by atoms with van der Waals surface area (Å²) in [5, 5.41) is 4.49. The lowest BCUT2D eigenvalue weighted by atomic mass is 10.1. The van der Waals surface area contributed by atoms with E-state index in [-0.39, 0.29) is 6.10 Å². The first-order valence-corrected chi connectivity index (χ1v) is 7.71. The van der Waals surface area contributed by atoms with Crippen molar-refractivity contribution in [1.29, 1.82) is 0 Å². The average Bonchev–Trinajstić information content (AvgIpc) is 2.76. The average molecular weight is 277 g/mol. The Kier molecular flexibility index (Phi) is 3.66. The molecule has 0 aliphatic carbocycles. The fourth-order valence-corrected chi connectivity index (χ4v) is 3.74. The van der Waals surface area contributed by atoms with Crippen molar-refractivity contribution >= 4 is 21.6 Å². The van der Waals surface area contributed by atoms with Gasteiger partial charge in [-0.25, -0.2) is 9.97 Å². The van der Waals surface area contributed by atoms with Crippen LogP contribution in [-0.2, 0) is 6.42 Å². The Morgan fingerprint density at radius 2 is 2.37 bits per heavy atom. The highest BCUT2D eigenvalue weighted by atomic mass is 32.1. The maximum absolute atomic E-state index is 6.12. The van der Waals surface area contributed by atoms with Crippen molar-refractivity contribution in [1.82, 2.24) is 15.3 Å². The minimum atomic E-state index is 0.233. The van der Waals surface area contributed by atoms with Crippen molar-refractivity contribution < 1.29 is 4.74 Å². The van der Waals surface area contributed by atoms with Gasteiger partial charge in [-0.15, -0.1) is 11.3 Å². The summed E-state index contributed by atoms with van der Waals surface area (Å²) < 4.78 is 6.12. The third-order valence-corrected chi connectivity index (χ3v) is 4.69. The van der Waals surface area contributed by atoms with Crippen LogP contribution >= 0.6 is 11.3 Å². The first-order chi connectivity index (χ1) is 9.29. The number of aryl methyl sites for hydroxylation is 2. The summed E-state index contributed by atoms with van der Waals surface area (Å²) in [6, 6.07) is 0. The molecule has 0 saturated carbocycles. The molecule has 1 saturated heterocycles. The van der Waals surface area contributed by atoms with E-state index < -0.39 is 0 Å². The van der Waals surface area contributed by atoms with E-state index in [9.17, 15) is 0 Å². The van der Waals surface area contributed by atoms with Gasteiger partial charge in [0.25, 0.3) is 0 Å². The van der Waals surface area contributed by atoms with Gasteiger partial charge < -0.3 is 10.1 Å². The van der Waals surface area contributed by atoms with E-state index in [4.69, 9.17) is 4.74 Å². The van der Waals surface area contributed by atoms with Gasteiger partial charge in [-0.2, -0.15) is 0 Å². The first-order valence-electron chi connectivity index (χ1n) is 6.90. The molecule has 0 radical (unpaired) electrons. The molecule has 1 aliphatic rings. The second-order valence-corrected chi connectivity index (χ2v) is 6.14. The molecule has 0 spiro atoms. The van der Waals surface area contributed by atoms with Crippen LogP contribution in [0.2, 0.25) is 0 Å². The highest BCUT2D eigenvalue weighted by Gasteiger charge is 2.19. The molecule has 2 aromatic heterocycles. The van der Waals surface area contributed by atoms with Gasteiger partial charge in [-0.1, -0.05) is 6.92 Å². The fraction of sp³-hybridized carbons (Fsp3) is 0.571. The zero-order chi connectivity index (χ0) is 13.2. The third-order valence-electron chi connectivity index (χ3n) is 3.64. The summed E-state index contributed by atoms with van der Waals surface area (Å²) >= 11 is 1.73. The minimum absolute atomic E-state index is 0.233. The van der Waals surface area contributed by atoms with Crippen molar-refractivity contribution in [3.63, 3.8) is 0 Å². The molecule has 102 valence electrons. The van der Waals surface area contributed by atoms with E-state index >= 15 is 0 Å². The molecule has 1 unspecified atom stereocenters. The molecule has 0 aromatic carbocycles. The summed E-state index contributed by atoms with van der Waals surface area (Å²) in [4.78, 5) is 11.1. The number of piperidine rings is 1. The van der Waals surface area contributed by atoms with Gasteiger partial charge in [-0.05, 0) is 38.3 Å². The molecule has 3 heterocycles. The zero-order valence-corrected chi connectivity index (χ0v) is 12.2. The van der Waals surface area contributed by atoms with Crippen LogP contribution < -0.4 is 10.1 Å². The maximum Gasteiger partial charge on any atom is 0.225 e. The smallest absolute Gasteiger partial charge is 0.225 e. The van der Waals surface area contributed by atoms with Crippen molar-refractivity contribution in [2.24, 2.45) is 0 Å². The van der Waals surface area contributed by atoms with E-state index in [0.29, 0.717) is 0 Å². The van der Waals surface area contributed by atoms with Gasteiger partial charge in [0.2, 0.25) is 5.88 Å². The fourth-order valence-electron chi connectivity index (χ4n) is 2.67. The normalized spacial score (nSPS) is 19.8. The lowest BCUT2D eigenvalue weighted by Gasteiger charge is -2.23. The molecular formula is C14H19N3OS. The molecule has 5 heteroatoms. The van der Waals surface area contributed by atoms with Gasteiger partial charge >= 0.3 is 0 Å². The second kappa shape index (κ2) is 5.43. The van der Waals surface area contributed by atoms with Crippen molar-refractivity contribution in [2.45, 2.75) is 39.2 Å². The van der Waals surface area contributed by atoms with Gasteiger partial charge in [0.15, 0.2) is 0 Å². The summed E-state index contributed by atoms with van der Waals surface area (Å²) in [6.45, 7) is 6.33. The highest BCUT2D eigenvalue weighted by Crippen LogP contribution is 2.35. The van der Waals surface area contributed by atoms with Crippen LogP contribution in [0.3, 0.4) is 0 Å². The predicted octanol–water partition coefficient (Wildman–Crippen LogP) is 2.69. The number of rotatable bonds is 3. The number of fused-ring (bicyclic) bond motifs is 1. The number of nitrogens with one attached hydrogen (secondary N) is 1. The molecule has 19 heavy (non-hydrogen) atoms. The number of ether oxygens (including phenoxy) is 1. The quantitative estimate of drug-likeness (QED) is 0.937. The van der Waals surface area contributed by atoms with Crippen LogP contribution in [0.4, 0.5) is 0 Å². The third kappa shape index (κ3) is 2.44. The summed E-state index contributed by atoms with van der Waals surface area (Å²) in [7, 11) is 0. The number of aromatic nitrogens is 2. The Bertz CT molecular complexity index is 575. The highest BCUT2D eigenvalue weighted by molar-refractivity contribution is 7.18. The molecule has 3 rings (SSSR count). The Balaban J connectivity index is 1.97. The molecule has 0 bridgehead atoms. The lowest BCUT2D eigenvalue weighted by molar-refractivity contribution is 0.162. The van der Waals surface area contributed by atoms with Crippen LogP contribution in [0.25, 0.3) is 10.2 Å². The molecule has 1 aliphatic heterocycles. The summed E-state index contributed by atoms with van der Waals surface area (Å²) in [5.41, 5.74) is 1.33. The van der Waals surface area contributed by atoms with Gasteiger partial charge in [0, 0.05) is 11.4 Å². The Hall–Kier alpha value is -1.20. The molecule has 0 amide bonds. The second-order valence-electron chi connectivity index (χ2n) is 4.94. The summed E-state index contributed by atoms with van der Waals surface area (Å²) in [5.74, 6) is 0.764. The standard InChI is InChI=1S/C14H19N3OS/c1-3-11-9(2)19-14-12(11)13(16-8-17-14)18-10-5-4-6-15-7-10/h8,10,15H,3-7H2,1-2H3. The molecule has 1 N–H and O–H groups in total. The van der Waals surface area contributed by atoms with Gasteiger partial charge in [0.05, 0.1) is 5.39 Å². The minimum Gasteiger partial charge on any atom is -0.472 e. The largest absolute Gasteiger partial charge is 0.472 e. The number of hydrogen-bond acceptors (Lipinski definition) is 5. The van der Waals surface area contributed by atoms with E-state index in [1.54, 1.807) is 17.7 Å². The van der Waals surface area contributed by atoms with Crippen molar-refractivity contribution in [3.8, 4) is 5.88 Å². The lowest BCUT2D eigenvalue weighted by Crippen LogP contribution is -2.37. The predicted molar refractivity (Wildman–Crippen MR) is 78.0 cm³/mol. The molecule has 1 fully saturated rings. The van der Waals surface area contributed by atoms with Crippen molar-refractivity contribution in [3.05, 3.63) is 16.8 Å². The van der Waals surface area contributed by atoms with Crippen LogP contribution in [0.1, 0.15) is 30.2 Å². The van der Waals surface area contributed by atoms with E-state index in [0.717, 1.165) is 42.0 Å². The van der Waals surface area contributed by atoms with Crippen LogP contribution in [0.5, 0.6) is 5.88 Å². The van der Waals surface area contributed by atoms with E-state index in [2.05, 4.69) is 29.1 Å². The molecule has 1 atom stereocenters. The molecule has 2 aromatic rings. The zero-order valence-electron chi connectivity index (χ0n) is 11.4. The summed E-state index contributed by atoms with van der Waals surface area (Å²) in [6.07, 6.45) is 5.12. The molecular weight excluding hydrogens is 258 g/mol. The van der Waals surface area contributed by atoms with Crippen LogP contribution in [0, 0.1) is 6.92 Å². The Morgan fingerprint density at radius 1 is 1.47 bits per heavy atom. The number of thiophene rings is 1. The SMILES string of the molecule is CCc1c(C)sc2ncnc(OC3CCCNC3)c12. The Labute approximate surface area is 117 Å². The molecule has 4 nitrogen and oxygen atoms in total. The van der Waals surface area contributed by atoms with Crippen LogP contribution in [-0.4, -0.2) is 29.2 Å². The number of hydrogen-bond donors (Lipinski definition) is 1.